The summed E-state index contributed by atoms with van der Waals surface area (Å²) in [5, 5.41) is 0. The quantitative estimate of drug-likeness (QED) is 0.759. The largest absolute Gasteiger partial charge is 0.424 e. The number of hydrogen-bond donors (Lipinski definition) is 1. The molecule has 0 bridgehead atoms. The van der Waals surface area contributed by atoms with Crippen LogP contribution in [0.15, 0.2) is 56.7 Å². The molecule has 0 atom stereocenters. The molecule has 5 rings (SSSR count). The highest BCUT2D eigenvalue weighted by molar-refractivity contribution is 6.16. The van der Waals surface area contributed by atoms with E-state index in [2.05, 4.69) is 45.4 Å². The number of benzene rings is 1. The van der Waals surface area contributed by atoms with Gasteiger partial charge in [-0.05, 0) is 51.1 Å². The molecule has 4 heterocycles. The fourth-order valence-electron chi connectivity index (χ4n) is 4.67. The normalized spacial score (nSPS) is 22.4. The average Bonchev–Trinajstić information content (AvgIpc) is 3.16. The highest BCUT2D eigenvalue weighted by Crippen LogP contribution is 2.22. The van der Waals surface area contributed by atoms with E-state index in [0.717, 1.165) is 35.6 Å². The third-order valence-electron chi connectivity index (χ3n) is 6.92. The monoisotopic (exact) mass is 447 g/mol. The summed E-state index contributed by atoms with van der Waals surface area (Å²) in [6.45, 7) is 14.2. The molecule has 174 valence electrons. The Morgan fingerprint density at radius 1 is 1.18 bits per heavy atom. The second kappa shape index (κ2) is 9.11. The van der Waals surface area contributed by atoms with Gasteiger partial charge in [0.1, 0.15) is 5.52 Å². The molecule has 0 radical (unpaired) electrons. The number of likely N-dealkylation sites (tertiary alicyclic amines) is 1. The number of dihydropyridines is 1. The number of allylic oxidation sites excluding steroid dienone is 2. The van der Waals surface area contributed by atoms with Crippen LogP contribution in [0.4, 0.5) is 6.01 Å². The van der Waals surface area contributed by atoms with Crippen molar-refractivity contribution in [3.63, 3.8) is 0 Å². The van der Waals surface area contributed by atoms with Gasteiger partial charge in [0.25, 0.3) is 6.01 Å². The minimum atomic E-state index is 0.182. The van der Waals surface area contributed by atoms with E-state index in [9.17, 15) is 0 Å². The number of anilines is 1. The van der Waals surface area contributed by atoms with Gasteiger partial charge in [0.05, 0.1) is 18.0 Å². The standard InChI is InChI=1S/C25H33N7O/c1-17(2)30-8-10-31(11-9-30)21-15-32(16-21)18(3)13-27-20-5-6-22(28-14-20)19-4-7-24-23(12-19)29-25(26)33-24/h4-7,12-13,17,21H,8-11,14-16H2,1-3H3,(H2,26,29)/b18-13+,27-20?. The van der Waals surface area contributed by atoms with Crippen molar-refractivity contribution in [3.8, 4) is 0 Å². The molecule has 1 aromatic carbocycles. The molecule has 3 aliphatic rings. The van der Waals surface area contributed by atoms with Crippen LogP contribution in [0.2, 0.25) is 0 Å². The Morgan fingerprint density at radius 3 is 2.67 bits per heavy atom. The minimum absolute atomic E-state index is 0.182. The van der Waals surface area contributed by atoms with E-state index in [4.69, 9.17) is 15.1 Å². The summed E-state index contributed by atoms with van der Waals surface area (Å²) in [7, 11) is 0. The number of nitrogens with zero attached hydrogens (tertiary/aromatic N) is 6. The predicted molar refractivity (Wildman–Crippen MR) is 134 cm³/mol. The van der Waals surface area contributed by atoms with Gasteiger partial charge in [-0.2, -0.15) is 4.98 Å². The van der Waals surface area contributed by atoms with Crippen molar-refractivity contribution in [1.29, 1.82) is 0 Å². The Labute approximate surface area is 195 Å². The van der Waals surface area contributed by atoms with Crippen LogP contribution in [-0.4, -0.2) is 89.0 Å². The highest BCUT2D eigenvalue weighted by Gasteiger charge is 2.33. The lowest BCUT2D eigenvalue weighted by atomic mass is 10.0. The highest BCUT2D eigenvalue weighted by atomic mass is 16.4. The van der Waals surface area contributed by atoms with Crippen molar-refractivity contribution in [3.05, 3.63) is 47.8 Å². The molecule has 0 spiro atoms. The molecule has 33 heavy (non-hydrogen) atoms. The zero-order valence-electron chi connectivity index (χ0n) is 19.7. The van der Waals surface area contributed by atoms with Gasteiger partial charge in [-0.3, -0.25) is 19.8 Å². The molecule has 2 fully saturated rings. The van der Waals surface area contributed by atoms with Crippen LogP contribution in [0.3, 0.4) is 0 Å². The van der Waals surface area contributed by atoms with Crippen molar-refractivity contribution in [2.45, 2.75) is 32.9 Å². The summed E-state index contributed by atoms with van der Waals surface area (Å²) >= 11 is 0. The van der Waals surface area contributed by atoms with Gasteiger partial charge < -0.3 is 15.1 Å². The molecule has 2 aromatic rings. The number of oxazole rings is 1. The van der Waals surface area contributed by atoms with E-state index < -0.39 is 0 Å². The van der Waals surface area contributed by atoms with Gasteiger partial charge >= 0.3 is 0 Å². The molecule has 0 amide bonds. The molecular formula is C25H33N7O. The van der Waals surface area contributed by atoms with Crippen molar-refractivity contribution in [2.24, 2.45) is 9.98 Å². The van der Waals surface area contributed by atoms with Crippen LogP contribution in [0.1, 0.15) is 26.3 Å². The fraction of sp³-hybridized carbons (Fsp3) is 0.480. The Bertz CT molecular complexity index is 1130. The maximum absolute atomic E-state index is 5.64. The van der Waals surface area contributed by atoms with Crippen molar-refractivity contribution in [2.75, 3.05) is 51.5 Å². The summed E-state index contributed by atoms with van der Waals surface area (Å²) in [5.74, 6) is 0. The Morgan fingerprint density at radius 2 is 1.97 bits per heavy atom. The molecule has 8 heteroatoms. The van der Waals surface area contributed by atoms with Gasteiger partial charge in [-0.25, -0.2) is 0 Å². The number of nitrogen functional groups attached to an aromatic ring is 1. The lowest BCUT2D eigenvalue weighted by Crippen LogP contribution is -2.62. The summed E-state index contributed by atoms with van der Waals surface area (Å²) in [5.41, 5.74) is 11.2. The minimum Gasteiger partial charge on any atom is -0.424 e. The summed E-state index contributed by atoms with van der Waals surface area (Å²) in [6, 6.07) is 7.32. The second-order valence-corrected chi connectivity index (χ2v) is 9.38. The summed E-state index contributed by atoms with van der Waals surface area (Å²) < 4.78 is 5.34. The Hall–Kier alpha value is -2.97. The first-order valence-electron chi connectivity index (χ1n) is 11.8. The zero-order valence-corrected chi connectivity index (χ0v) is 19.7. The smallest absolute Gasteiger partial charge is 0.292 e. The first-order chi connectivity index (χ1) is 16.0. The molecule has 2 saturated heterocycles. The molecule has 0 saturated carbocycles. The van der Waals surface area contributed by atoms with Crippen LogP contribution in [-0.2, 0) is 0 Å². The van der Waals surface area contributed by atoms with Gasteiger partial charge in [0.15, 0.2) is 5.58 Å². The van der Waals surface area contributed by atoms with Crippen molar-refractivity contribution in [1.82, 2.24) is 19.7 Å². The van der Waals surface area contributed by atoms with Gasteiger partial charge in [0.2, 0.25) is 0 Å². The maximum Gasteiger partial charge on any atom is 0.292 e. The van der Waals surface area contributed by atoms with Crippen LogP contribution in [0.5, 0.6) is 0 Å². The van der Waals surface area contributed by atoms with Crippen LogP contribution in [0.25, 0.3) is 11.1 Å². The lowest BCUT2D eigenvalue weighted by Gasteiger charge is -2.49. The lowest BCUT2D eigenvalue weighted by molar-refractivity contribution is 0.0143. The maximum atomic E-state index is 5.64. The molecule has 3 aliphatic heterocycles. The molecule has 0 aliphatic carbocycles. The summed E-state index contributed by atoms with van der Waals surface area (Å²) in [4.78, 5) is 21.2. The first kappa shape index (κ1) is 21.9. The SMILES string of the molecule is C/C(=C\N=C1C=CC(c2ccc3oc(N)nc3c2)=NC1)N1CC(N2CCN(C(C)C)CC2)C1. The Balaban J connectivity index is 1.13. The molecule has 0 unspecified atom stereocenters. The third kappa shape index (κ3) is 4.72. The number of aromatic nitrogens is 1. The van der Waals surface area contributed by atoms with E-state index in [-0.39, 0.29) is 6.01 Å². The van der Waals surface area contributed by atoms with Gasteiger partial charge in [-0.1, -0.05) is 0 Å². The number of rotatable bonds is 5. The van der Waals surface area contributed by atoms with E-state index in [1.54, 1.807) is 0 Å². The van der Waals surface area contributed by atoms with Crippen LogP contribution >= 0.6 is 0 Å². The average molecular weight is 448 g/mol. The zero-order chi connectivity index (χ0) is 22.9. The number of piperazine rings is 1. The van der Waals surface area contributed by atoms with E-state index in [0.29, 0.717) is 24.2 Å². The summed E-state index contributed by atoms with van der Waals surface area (Å²) in [6.07, 6.45) is 6.03. The molecule has 1 aromatic heterocycles. The second-order valence-electron chi connectivity index (χ2n) is 9.38. The van der Waals surface area contributed by atoms with Gasteiger partial charge in [-0.15, -0.1) is 0 Å². The molecule has 2 N–H and O–H groups in total. The molecule has 8 nitrogen and oxygen atoms in total. The fourth-order valence-corrected chi connectivity index (χ4v) is 4.67. The van der Waals surface area contributed by atoms with E-state index >= 15 is 0 Å². The number of aliphatic imine (C=N–C) groups is 2. The number of fused-ring (bicyclic) bond motifs is 1. The number of nitrogens with two attached hydrogens (primary N) is 1. The molecular weight excluding hydrogens is 414 g/mol. The van der Waals surface area contributed by atoms with Crippen molar-refractivity contribution >= 4 is 28.5 Å². The van der Waals surface area contributed by atoms with Crippen LogP contribution in [0, 0.1) is 0 Å². The van der Waals surface area contributed by atoms with E-state index in [1.807, 2.05) is 36.6 Å². The van der Waals surface area contributed by atoms with Crippen molar-refractivity contribution < 1.29 is 4.42 Å². The predicted octanol–water partition coefficient (Wildman–Crippen LogP) is 2.78. The first-order valence-corrected chi connectivity index (χ1v) is 11.8. The van der Waals surface area contributed by atoms with E-state index in [1.165, 1.54) is 31.9 Å². The number of hydrogen-bond acceptors (Lipinski definition) is 8. The third-order valence-corrected chi connectivity index (χ3v) is 6.92. The Kier molecular flexibility index (Phi) is 6.03. The topological polar surface area (TPSA) is 86.5 Å². The van der Waals surface area contributed by atoms with Crippen LogP contribution < -0.4 is 5.73 Å². The van der Waals surface area contributed by atoms with Gasteiger partial charge in [0, 0.05) is 68.8 Å².